The van der Waals surface area contributed by atoms with E-state index in [1.165, 1.54) is 25.7 Å². The number of carbonyl (C=O) groups is 1. The lowest BCUT2D eigenvalue weighted by Gasteiger charge is -2.42. The third-order valence-electron chi connectivity index (χ3n) is 5.59. The number of carboxylic acids is 1. The highest BCUT2D eigenvalue weighted by atomic mass is 32.2. The summed E-state index contributed by atoms with van der Waals surface area (Å²) in [4.78, 5) is 11.6. The van der Waals surface area contributed by atoms with Crippen LogP contribution in [0.25, 0.3) is 0 Å². The number of carboxylic acid groups (broad SMARTS) is 1. The summed E-state index contributed by atoms with van der Waals surface area (Å²) in [5.74, 6) is 0.808. The van der Waals surface area contributed by atoms with Crippen LogP contribution >= 0.6 is 11.8 Å². The highest BCUT2D eigenvalue weighted by molar-refractivity contribution is 8.00. The lowest BCUT2D eigenvalue weighted by atomic mass is 9.69. The van der Waals surface area contributed by atoms with E-state index in [9.17, 15) is 9.90 Å². The largest absolute Gasteiger partial charge is 0.481 e. The molecule has 2 aliphatic rings. The molecule has 0 amide bonds. The minimum Gasteiger partial charge on any atom is -0.481 e. The van der Waals surface area contributed by atoms with Crippen LogP contribution in [0.1, 0.15) is 72.6 Å². The highest BCUT2D eigenvalue weighted by Crippen LogP contribution is 2.47. The molecule has 0 radical (unpaired) electrons. The van der Waals surface area contributed by atoms with Gasteiger partial charge in [-0.05, 0) is 49.4 Å². The average molecular weight is 313 g/mol. The maximum Gasteiger partial charge on any atom is 0.307 e. The third-order valence-corrected chi connectivity index (χ3v) is 7.27. The molecule has 3 heteroatoms. The van der Waals surface area contributed by atoms with Gasteiger partial charge in [0.2, 0.25) is 0 Å². The second-order valence-corrected chi connectivity index (χ2v) is 9.93. The monoisotopic (exact) mass is 312 g/mol. The Morgan fingerprint density at radius 1 is 1.10 bits per heavy atom. The predicted molar refractivity (Wildman–Crippen MR) is 90.7 cm³/mol. The summed E-state index contributed by atoms with van der Waals surface area (Å²) in [6, 6.07) is 0. The van der Waals surface area contributed by atoms with Gasteiger partial charge in [-0.2, -0.15) is 11.8 Å². The van der Waals surface area contributed by atoms with E-state index in [4.69, 9.17) is 0 Å². The molecule has 2 fully saturated rings. The maximum absolute atomic E-state index is 11.6. The summed E-state index contributed by atoms with van der Waals surface area (Å²) in [5.41, 5.74) is 0.308. The van der Waals surface area contributed by atoms with E-state index < -0.39 is 5.97 Å². The zero-order chi connectivity index (χ0) is 15.6. The molecule has 2 rings (SSSR count). The van der Waals surface area contributed by atoms with Crippen LogP contribution < -0.4 is 0 Å². The molecule has 2 nitrogen and oxygen atoms in total. The molecule has 5 unspecified atom stereocenters. The van der Waals surface area contributed by atoms with Crippen molar-refractivity contribution in [2.75, 3.05) is 0 Å². The van der Waals surface area contributed by atoms with E-state index in [0.717, 1.165) is 25.2 Å². The van der Waals surface area contributed by atoms with Crippen LogP contribution in [0.3, 0.4) is 0 Å². The molecule has 0 aromatic heterocycles. The molecular weight excluding hydrogens is 280 g/mol. The normalized spacial score (nSPS) is 38.2. The van der Waals surface area contributed by atoms with Gasteiger partial charge >= 0.3 is 5.97 Å². The summed E-state index contributed by atoms with van der Waals surface area (Å²) in [7, 11) is 0. The Morgan fingerprint density at radius 3 is 2.38 bits per heavy atom. The Hall–Kier alpha value is -0.180. The van der Waals surface area contributed by atoms with E-state index in [1.807, 2.05) is 11.8 Å². The van der Waals surface area contributed by atoms with Crippen LogP contribution in [-0.4, -0.2) is 21.6 Å². The molecule has 1 N–H and O–H groups in total. The second kappa shape index (κ2) is 6.93. The Balaban J connectivity index is 2.01. The molecule has 5 atom stereocenters. The van der Waals surface area contributed by atoms with Gasteiger partial charge in [0.15, 0.2) is 0 Å². The van der Waals surface area contributed by atoms with Crippen molar-refractivity contribution in [3.63, 3.8) is 0 Å². The van der Waals surface area contributed by atoms with Crippen molar-refractivity contribution in [2.45, 2.75) is 83.1 Å². The van der Waals surface area contributed by atoms with Crippen LogP contribution in [0.5, 0.6) is 0 Å². The van der Waals surface area contributed by atoms with Crippen molar-refractivity contribution in [1.82, 2.24) is 0 Å². The van der Waals surface area contributed by atoms with Crippen molar-refractivity contribution in [2.24, 2.45) is 23.2 Å². The van der Waals surface area contributed by atoms with Gasteiger partial charge in [0.05, 0.1) is 5.92 Å². The lowest BCUT2D eigenvalue weighted by Crippen LogP contribution is -2.38. The number of aliphatic carboxylic acids is 1. The standard InChI is InChI=1S/C18H32O2S/c1-12-6-5-7-14(10-12)21-16-11-13(18(2,3)4)8-9-15(16)17(19)20/h12-16H,5-11H2,1-4H3,(H,19,20). The first-order chi connectivity index (χ1) is 9.77. The molecular formula is C18H32O2S. The van der Waals surface area contributed by atoms with E-state index in [-0.39, 0.29) is 5.92 Å². The summed E-state index contributed by atoms with van der Waals surface area (Å²) >= 11 is 2.02. The Morgan fingerprint density at radius 2 is 1.81 bits per heavy atom. The minimum atomic E-state index is -0.566. The third kappa shape index (κ3) is 4.64. The van der Waals surface area contributed by atoms with E-state index in [2.05, 4.69) is 27.7 Å². The van der Waals surface area contributed by atoms with E-state index in [0.29, 0.717) is 21.8 Å². The molecule has 2 aliphatic carbocycles. The Labute approximate surface area is 134 Å². The topological polar surface area (TPSA) is 37.3 Å². The van der Waals surface area contributed by atoms with Gasteiger partial charge < -0.3 is 5.11 Å². The number of hydrogen-bond acceptors (Lipinski definition) is 2. The van der Waals surface area contributed by atoms with E-state index in [1.54, 1.807) is 0 Å². The second-order valence-electron chi connectivity index (χ2n) is 8.39. The molecule has 0 bridgehead atoms. The molecule has 0 aromatic carbocycles. The summed E-state index contributed by atoms with van der Waals surface area (Å²) < 4.78 is 0. The van der Waals surface area contributed by atoms with E-state index >= 15 is 0 Å². The first-order valence-electron chi connectivity index (χ1n) is 8.65. The van der Waals surface area contributed by atoms with Gasteiger partial charge in [0, 0.05) is 10.5 Å². The molecule has 122 valence electrons. The fourth-order valence-corrected chi connectivity index (χ4v) is 6.12. The van der Waals surface area contributed by atoms with Crippen molar-refractivity contribution >= 4 is 17.7 Å². The maximum atomic E-state index is 11.6. The van der Waals surface area contributed by atoms with Crippen LogP contribution in [-0.2, 0) is 4.79 Å². The molecule has 0 aliphatic heterocycles. The van der Waals surface area contributed by atoms with Gasteiger partial charge in [-0.15, -0.1) is 0 Å². The van der Waals surface area contributed by atoms with Crippen LogP contribution in [0.15, 0.2) is 0 Å². The summed E-state index contributed by atoms with van der Waals surface area (Å²) in [6.07, 6.45) is 8.30. The van der Waals surface area contributed by atoms with Crippen LogP contribution in [0.4, 0.5) is 0 Å². The summed E-state index contributed by atoms with van der Waals surface area (Å²) in [5, 5.41) is 10.6. The molecule has 21 heavy (non-hydrogen) atoms. The lowest BCUT2D eigenvalue weighted by molar-refractivity contribution is -0.143. The predicted octanol–water partition coefficient (Wildman–Crippen LogP) is 5.21. The highest BCUT2D eigenvalue weighted by Gasteiger charge is 2.40. The quantitative estimate of drug-likeness (QED) is 0.777. The zero-order valence-corrected chi connectivity index (χ0v) is 14.9. The number of hydrogen-bond donors (Lipinski definition) is 1. The smallest absolute Gasteiger partial charge is 0.307 e. The van der Waals surface area contributed by atoms with Crippen LogP contribution in [0.2, 0.25) is 0 Å². The molecule has 0 heterocycles. The van der Waals surface area contributed by atoms with Crippen molar-refractivity contribution in [1.29, 1.82) is 0 Å². The molecule has 0 spiro atoms. The van der Waals surface area contributed by atoms with Crippen molar-refractivity contribution in [3.8, 4) is 0 Å². The number of rotatable bonds is 3. The average Bonchev–Trinajstić information content (AvgIpc) is 2.37. The number of thioether (sulfide) groups is 1. The van der Waals surface area contributed by atoms with Gasteiger partial charge in [-0.3, -0.25) is 4.79 Å². The van der Waals surface area contributed by atoms with Crippen molar-refractivity contribution < 1.29 is 9.90 Å². The summed E-state index contributed by atoms with van der Waals surface area (Å²) in [6.45, 7) is 9.27. The molecule has 0 aromatic rings. The Bertz CT molecular complexity index is 361. The Kier molecular flexibility index (Phi) is 5.67. The SMILES string of the molecule is CC1CCCC(SC2CC(C(C)(C)C)CCC2C(=O)O)C1. The van der Waals surface area contributed by atoms with Crippen LogP contribution in [0, 0.1) is 23.2 Å². The first-order valence-corrected chi connectivity index (χ1v) is 9.60. The fourth-order valence-electron chi connectivity index (χ4n) is 4.10. The van der Waals surface area contributed by atoms with Gasteiger partial charge in [-0.25, -0.2) is 0 Å². The first kappa shape index (κ1) is 17.2. The minimum absolute atomic E-state index is 0.120. The van der Waals surface area contributed by atoms with Gasteiger partial charge in [-0.1, -0.05) is 40.5 Å². The molecule has 0 saturated heterocycles. The molecule has 2 saturated carbocycles. The van der Waals surface area contributed by atoms with Gasteiger partial charge in [0.25, 0.3) is 0 Å². The zero-order valence-electron chi connectivity index (χ0n) is 14.1. The fraction of sp³-hybridized carbons (Fsp3) is 0.944. The van der Waals surface area contributed by atoms with Gasteiger partial charge in [0.1, 0.15) is 0 Å². The van der Waals surface area contributed by atoms with Crippen molar-refractivity contribution in [3.05, 3.63) is 0 Å².